The van der Waals surface area contributed by atoms with Crippen LogP contribution in [0, 0.1) is 10.8 Å². The van der Waals surface area contributed by atoms with Gasteiger partial charge in [0.1, 0.15) is 11.0 Å². The molecule has 8 heteroatoms. The molecule has 2 aromatic rings. The van der Waals surface area contributed by atoms with Crippen LogP contribution in [0.1, 0.15) is 19.3 Å². The van der Waals surface area contributed by atoms with E-state index in [-0.39, 0.29) is 5.41 Å². The molecule has 3 heterocycles. The van der Waals surface area contributed by atoms with Gasteiger partial charge in [0, 0.05) is 49.5 Å². The third-order valence-electron chi connectivity index (χ3n) is 6.15. The van der Waals surface area contributed by atoms with Crippen LogP contribution in [0.15, 0.2) is 24.4 Å². The second-order valence-corrected chi connectivity index (χ2v) is 8.85. The van der Waals surface area contributed by atoms with Crippen molar-refractivity contribution in [2.45, 2.75) is 19.3 Å². The van der Waals surface area contributed by atoms with Crippen molar-refractivity contribution in [3.63, 3.8) is 0 Å². The molecule has 1 aromatic carbocycles. The lowest BCUT2D eigenvalue weighted by Crippen LogP contribution is -2.42. The molecule has 2 fully saturated rings. The minimum Gasteiger partial charge on any atom is -0.493 e. The van der Waals surface area contributed by atoms with Gasteiger partial charge in [-0.2, -0.15) is 0 Å². The Hall–Kier alpha value is -2.19. The second kappa shape index (κ2) is 7.67. The Bertz CT molecular complexity index is 912. The molecule has 0 radical (unpaired) electrons. The Morgan fingerprint density at radius 2 is 1.82 bits per heavy atom. The molecular weight excluding hydrogens is 376 g/mol. The summed E-state index contributed by atoms with van der Waals surface area (Å²) in [6.07, 6.45) is 5.03. The molecule has 0 bridgehead atoms. The smallest absolute Gasteiger partial charge is 0.162 e. The quantitative estimate of drug-likeness (QED) is 0.615. The van der Waals surface area contributed by atoms with Crippen LogP contribution >= 0.6 is 0 Å². The number of aromatic nitrogens is 1. The molecule has 2 saturated heterocycles. The summed E-state index contributed by atoms with van der Waals surface area (Å²) in [6, 6.07) is 5.99. The lowest BCUT2D eigenvalue weighted by molar-refractivity contribution is 0.236. The maximum atomic E-state index is 11.9. The number of methoxy groups -OCH3 is 2. The first-order chi connectivity index (χ1) is 13.6. The van der Waals surface area contributed by atoms with E-state index in [4.69, 9.17) is 14.9 Å². The standard InChI is InChI=1S/C20H26N4O3S/c1-26-18-11-15-16(12-19(18)27-2)22-7-3-17(15)23-8-4-20(5-9-23)6-10-24(13-20)28(25)14-21/h3,7,11-12,14,21H,4-6,8-10,13H2,1-2H3. The largest absolute Gasteiger partial charge is 0.493 e. The van der Waals surface area contributed by atoms with E-state index in [0.29, 0.717) is 11.5 Å². The van der Waals surface area contributed by atoms with Crippen molar-refractivity contribution in [1.29, 1.82) is 5.41 Å². The number of nitrogens with zero attached hydrogens (tertiary/aromatic N) is 3. The molecule has 150 valence electrons. The van der Waals surface area contributed by atoms with Gasteiger partial charge < -0.3 is 14.4 Å². The summed E-state index contributed by atoms with van der Waals surface area (Å²) in [7, 11) is 2.01. The van der Waals surface area contributed by atoms with Crippen LogP contribution in [-0.4, -0.2) is 59.4 Å². The molecular formula is C20H26N4O3S. The molecule has 1 aromatic heterocycles. The van der Waals surface area contributed by atoms with Crippen LogP contribution in [0.2, 0.25) is 0 Å². The minimum absolute atomic E-state index is 0.221. The van der Waals surface area contributed by atoms with Crippen LogP contribution in [0.5, 0.6) is 11.5 Å². The first kappa shape index (κ1) is 19.1. The molecule has 0 aliphatic carbocycles. The highest BCUT2D eigenvalue weighted by molar-refractivity contribution is 7.96. The molecule has 2 aliphatic heterocycles. The topological polar surface area (TPSA) is 78.8 Å². The molecule has 1 unspecified atom stereocenters. The zero-order chi connectivity index (χ0) is 19.7. The lowest BCUT2D eigenvalue weighted by atomic mass is 9.77. The molecule has 0 saturated carbocycles. The third kappa shape index (κ3) is 3.35. The van der Waals surface area contributed by atoms with Crippen molar-refractivity contribution in [1.82, 2.24) is 9.29 Å². The third-order valence-corrected chi connectivity index (χ3v) is 7.17. The fraction of sp³-hybridized carbons (Fsp3) is 0.500. The van der Waals surface area contributed by atoms with Gasteiger partial charge in [-0.15, -0.1) is 0 Å². The SMILES string of the molecule is COc1cc2nccc(N3CCC4(CC3)CCN(S(=O)C=N)C4)c2cc1OC. The molecule has 0 amide bonds. The Morgan fingerprint density at radius 1 is 1.14 bits per heavy atom. The number of ether oxygens (including phenoxy) is 2. The van der Waals surface area contributed by atoms with E-state index in [2.05, 4.69) is 16.0 Å². The predicted octanol–water partition coefficient (Wildman–Crippen LogP) is 2.82. The van der Waals surface area contributed by atoms with E-state index in [1.165, 1.54) is 5.69 Å². The minimum atomic E-state index is -1.27. The Kier molecular flexibility index (Phi) is 5.25. The van der Waals surface area contributed by atoms with Crippen molar-refractivity contribution in [3.8, 4) is 11.5 Å². The van der Waals surface area contributed by atoms with E-state index >= 15 is 0 Å². The molecule has 4 rings (SSSR count). The molecule has 1 N–H and O–H groups in total. The van der Waals surface area contributed by atoms with Crippen LogP contribution in [0.4, 0.5) is 5.69 Å². The van der Waals surface area contributed by atoms with Crippen LogP contribution < -0.4 is 14.4 Å². The van der Waals surface area contributed by atoms with Gasteiger partial charge in [-0.1, -0.05) is 0 Å². The Balaban J connectivity index is 1.56. The van der Waals surface area contributed by atoms with Gasteiger partial charge in [0.2, 0.25) is 0 Å². The summed E-state index contributed by atoms with van der Waals surface area (Å²) in [5.41, 5.74) is 3.32. The number of hydrogen-bond donors (Lipinski definition) is 1. The molecule has 1 spiro atoms. The number of piperidine rings is 1. The summed E-state index contributed by atoms with van der Waals surface area (Å²) in [4.78, 5) is 6.92. The number of nitrogens with one attached hydrogen (secondary N) is 1. The normalized spacial score (nSPS) is 20.4. The van der Waals surface area contributed by atoms with E-state index in [1.54, 1.807) is 14.2 Å². The number of fused-ring (bicyclic) bond motifs is 1. The van der Waals surface area contributed by atoms with Crippen LogP contribution in [-0.2, 0) is 11.0 Å². The van der Waals surface area contributed by atoms with E-state index < -0.39 is 11.0 Å². The van der Waals surface area contributed by atoms with Gasteiger partial charge in [-0.25, -0.2) is 8.51 Å². The average Bonchev–Trinajstić information content (AvgIpc) is 3.15. The van der Waals surface area contributed by atoms with Gasteiger partial charge in [0.25, 0.3) is 0 Å². The van der Waals surface area contributed by atoms with Crippen LogP contribution in [0.3, 0.4) is 0 Å². The zero-order valence-corrected chi connectivity index (χ0v) is 17.1. The Labute approximate surface area is 167 Å². The Morgan fingerprint density at radius 3 is 2.50 bits per heavy atom. The van der Waals surface area contributed by atoms with Gasteiger partial charge in [-0.05, 0) is 36.8 Å². The number of anilines is 1. The number of rotatable bonds is 5. The van der Waals surface area contributed by atoms with E-state index in [9.17, 15) is 4.21 Å². The van der Waals surface area contributed by atoms with Crippen molar-refractivity contribution < 1.29 is 13.7 Å². The molecule has 28 heavy (non-hydrogen) atoms. The maximum Gasteiger partial charge on any atom is 0.162 e. The number of benzene rings is 1. The first-order valence-electron chi connectivity index (χ1n) is 9.51. The highest BCUT2D eigenvalue weighted by atomic mass is 32.2. The zero-order valence-electron chi connectivity index (χ0n) is 16.3. The van der Waals surface area contributed by atoms with Crippen molar-refractivity contribution in [3.05, 3.63) is 24.4 Å². The second-order valence-electron chi connectivity index (χ2n) is 7.55. The lowest BCUT2D eigenvalue weighted by Gasteiger charge is -2.40. The van der Waals surface area contributed by atoms with Crippen molar-refractivity contribution in [2.24, 2.45) is 5.41 Å². The highest BCUT2D eigenvalue weighted by Gasteiger charge is 2.42. The number of pyridine rings is 1. The fourth-order valence-electron chi connectivity index (χ4n) is 4.49. The van der Waals surface area contributed by atoms with Crippen molar-refractivity contribution >= 4 is 33.1 Å². The molecule has 2 aliphatic rings. The average molecular weight is 403 g/mol. The summed E-state index contributed by atoms with van der Waals surface area (Å²) in [6.45, 7) is 3.55. The fourth-order valence-corrected chi connectivity index (χ4v) is 5.31. The monoisotopic (exact) mass is 402 g/mol. The van der Waals surface area contributed by atoms with Gasteiger partial charge in [0.05, 0.1) is 25.3 Å². The first-order valence-corrected chi connectivity index (χ1v) is 10.7. The van der Waals surface area contributed by atoms with Crippen molar-refractivity contribution in [2.75, 3.05) is 45.3 Å². The van der Waals surface area contributed by atoms with Gasteiger partial charge in [-0.3, -0.25) is 10.4 Å². The van der Waals surface area contributed by atoms with Gasteiger partial charge >= 0.3 is 0 Å². The maximum absolute atomic E-state index is 11.9. The molecule has 1 atom stereocenters. The van der Waals surface area contributed by atoms with E-state index in [0.717, 1.165) is 61.9 Å². The van der Waals surface area contributed by atoms with Gasteiger partial charge in [0.15, 0.2) is 11.5 Å². The number of hydrogen-bond acceptors (Lipinski definition) is 6. The van der Waals surface area contributed by atoms with Crippen LogP contribution in [0.25, 0.3) is 10.9 Å². The highest BCUT2D eigenvalue weighted by Crippen LogP contribution is 2.43. The van der Waals surface area contributed by atoms with E-state index in [1.807, 2.05) is 22.6 Å². The summed E-state index contributed by atoms with van der Waals surface area (Å²) < 4.78 is 24.8. The summed E-state index contributed by atoms with van der Waals surface area (Å²) in [5, 5.41) is 8.32. The summed E-state index contributed by atoms with van der Waals surface area (Å²) >= 11 is 0. The molecule has 7 nitrogen and oxygen atoms in total. The predicted molar refractivity (Wildman–Crippen MR) is 112 cm³/mol. The summed E-state index contributed by atoms with van der Waals surface area (Å²) in [5.74, 6) is 1.39.